The number of carbonyl (C=O) groups excluding carboxylic acids is 4. The van der Waals surface area contributed by atoms with Gasteiger partial charge in [0, 0.05) is 38.4 Å². The van der Waals surface area contributed by atoms with E-state index < -0.39 is 17.5 Å². The monoisotopic (exact) mass is 439 g/mol. The van der Waals surface area contributed by atoms with Crippen molar-refractivity contribution in [3.05, 3.63) is 57.6 Å². The number of methoxy groups -OCH3 is 1. The Hall–Kier alpha value is -3.56. The van der Waals surface area contributed by atoms with Crippen LogP contribution in [0.5, 0.6) is 0 Å². The number of amides is 1. The first kappa shape index (κ1) is 23.1. The van der Waals surface area contributed by atoms with Crippen molar-refractivity contribution in [1.82, 2.24) is 4.90 Å². The molecule has 0 radical (unpaired) electrons. The van der Waals surface area contributed by atoms with Crippen molar-refractivity contribution in [2.45, 2.75) is 6.42 Å². The van der Waals surface area contributed by atoms with Crippen molar-refractivity contribution in [3.63, 3.8) is 0 Å². The molecule has 168 valence electrons. The fraction of sp³-hybridized carbons (Fsp3) is 0.304. The molecule has 0 heterocycles. The summed E-state index contributed by atoms with van der Waals surface area (Å²) in [5.74, 6) is -1.60. The third-order valence-electron chi connectivity index (χ3n) is 5.38. The number of nitrogens with two attached hydrogens (primary N) is 2. The predicted octanol–water partition coefficient (Wildman–Crippen LogP) is 1.56. The average Bonchev–Trinajstić information content (AvgIpc) is 2.80. The number of benzene rings is 2. The van der Waals surface area contributed by atoms with Gasteiger partial charge in [0.05, 0.1) is 46.8 Å². The molecule has 32 heavy (non-hydrogen) atoms. The van der Waals surface area contributed by atoms with Crippen LogP contribution < -0.4 is 11.5 Å². The van der Waals surface area contributed by atoms with Crippen LogP contribution in [0.15, 0.2) is 24.3 Å². The molecule has 1 amide bonds. The lowest BCUT2D eigenvalue weighted by atomic mass is 9.79. The first-order chi connectivity index (χ1) is 15.3. The van der Waals surface area contributed by atoms with Gasteiger partial charge in [-0.25, -0.2) is 0 Å². The van der Waals surface area contributed by atoms with Gasteiger partial charge in [0.25, 0.3) is 5.91 Å². The summed E-state index contributed by atoms with van der Waals surface area (Å²) in [6, 6.07) is 6.28. The number of nitrogen functional groups attached to an aromatic ring is 2. The summed E-state index contributed by atoms with van der Waals surface area (Å²) < 4.78 is 10.3. The molecule has 9 heteroatoms. The van der Waals surface area contributed by atoms with Crippen LogP contribution in [0.1, 0.15) is 59.0 Å². The van der Waals surface area contributed by atoms with Gasteiger partial charge in [-0.15, -0.1) is 0 Å². The topological polar surface area (TPSA) is 142 Å². The number of hydrogen-bond donors (Lipinski definition) is 2. The first-order valence-corrected chi connectivity index (χ1v) is 10.1. The van der Waals surface area contributed by atoms with Gasteiger partial charge in [0.1, 0.15) is 0 Å². The minimum atomic E-state index is -0.574. The van der Waals surface area contributed by atoms with Crippen LogP contribution in [-0.2, 0) is 9.47 Å². The molecule has 0 aliphatic heterocycles. The highest BCUT2D eigenvalue weighted by Crippen LogP contribution is 2.39. The molecule has 4 N–H and O–H groups in total. The van der Waals surface area contributed by atoms with Crippen LogP contribution in [0.3, 0.4) is 0 Å². The van der Waals surface area contributed by atoms with Crippen LogP contribution in [-0.4, -0.2) is 69.2 Å². The van der Waals surface area contributed by atoms with Crippen molar-refractivity contribution < 1.29 is 28.7 Å². The SMILES string of the molecule is COCCOCCCN(C)C(=O)c1c(N)c2c(c(N)c1C=O)C(=O)c1ccccc1C2=O. The van der Waals surface area contributed by atoms with E-state index in [1.807, 2.05) is 0 Å². The normalized spacial score (nSPS) is 12.3. The third-order valence-corrected chi connectivity index (χ3v) is 5.38. The quantitative estimate of drug-likeness (QED) is 0.291. The highest BCUT2D eigenvalue weighted by Gasteiger charge is 2.37. The second kappa shape index (κ2) is 9.71. The summed E-state index contributed by atoms with van der Waals surface area (Å²) in [6.07, 6.45) is 0.923. The fourth-order valence-corrected chi connectivity index (χ4v) is 3.72. The maximum Gasteiger partial charge on any atom is 0.256 e. The molecule has 0 spiro atoms. The zero-order valence-corrected chi connectivity index (χ0v) is 18.0. The van der Waals surface area contributed by atoms with Gasteiger partial charge in [0.15, 0.2) is 17.9 Å². The zero-order valence-electron chi connectivity index (χ0n) is 18.0. The molecular weight excluding hydrogens is 414 g/mol. The summed E-state index contributed by atoms with van der Waals surface area (Å²) in [6.45, 7) is 1.64. The summed E-state index contributed by atoms with van der Waals surface area (Å²) in [5.41, 5.74) is 11.6. The number of rotatable bonds is 9. The minimum absolute atomic E-state index is 0.140. The van der Waals surface area contributed by atoms with Gasteiger partial charge in [-0.05, 0) is 6.42 Å². The number of nitrogens with zero attached hydrogens (tertiary/aromatic N) is 1. The Labute approximate surface area is 185 Å². The molecule has 1 aliphatic rings. The predicted molar refractivity (Wildman–Crippen MR) is 118 cm³/mol. The maximum atomic E-state index is 13.2. The maximum absolute atomic E-state index is 13.2. The number of aldehydes is 1. The molecule has 0 saturated heterocycles. The molecule has 2 aromatic carbocycles. The standard InChI is InChI=1S/C23H25N3O6/c1-26(8-5-9-32-11-10-31-2)23(30)16-15(12-27)19(24)17-18(20(16)25)22(29)14-7-4-3-6-13(14)21(17)28/h3-4,6-7,12H,5,8-11,24-25H2,1-2H3. The van der Waals surface area contributed by atoms with Gasteiger partial charge in [-0.2, -0.15) is 0 Å². The smallest absolute Gasteiger partial charge is 0.256 e. The lowest BCUT2D eigenvalue weighted by Gasteiger charge is -2.25. The van der Waals surface area contributed by atoms with Gasteiger partial charge in [0.2, 0.25) is 0 Å². The van der Waals surface area contributed by atoms with Crippen LogP contribution in [0.4, 0.5) is 11.4 Å². The number of ether oxygens (including phenoxy) is 2. The molecule has 1 aliphatic carbocycles. The molecule has 0 aromatic heterocycles. The van der Waals surface area contributed by atoms with Crippen molar-refractivity contribution in [1.29, 1.82) is 0 Å². The summed E-state index contributed by atoms with van der Waals surface area (Å²) in [5, 5.41) is 0. The van der Waals surface area contributed by atoms with Crippen molar-refractivity contribution in [2.75, 3.05) is 52.0 Å². The largest absolute Gasteiger partial charge is 0.398 e. The Morgan fingerprint density at radius 1 is 1.00 bits per heavy atom. The van der Waals surface area contributed by atoms with E-state index in [2.05, 4.69) is 0 Å². The molecule has 0 fully saturated rings. The lowest BCUT2D eigenvalue weighted by Crippen LogP contribution is -2.33. The molecule has 0 unspecified atom stereocenters. The molecule has 2 aromatic rings. The van der Waals surface area contributed by atoms with Gasteiger partial charge >= 0.3 is 0 Å². The fourth-order valence-electron chi connectivity index (χ4n) is 3.72. The highest BCUT2D eigenvalue weighted by molar-refractivity contribution is 6.33. The van der Waals surface area contributed by atoms with E-state index in [9.17, 15) is 19.2 Å². The van der Waals surface area contributed by atoms with E-state index in [-0.39, 0.29) is 44.8 Å². The summed E-state index contributed by atoms with van der Waals surface area (Å²) in [4.78, 5) is 52.6. The highest BCUT2D eigenvalue weighted by atomic mass is 16.5. The molecule has 0 saturated carbocycles. The molecule has 0 atom stereocenters. The van der Waals surface area contributed by atoms with Gasteiger partial charge < -0.3 is 25.8 Å². The Kier molecular flexibility index (Phi) is 7.01. The van der Waals surface area contributed by atoms with Crippen molar-refractivity contribution in [2.24, 2.45) is 0 Å². The van der Waals surface area contributed by atoms with E-state index in [1.165, 1.54) is 17.0 Å². The van der Waals surface area contributed by atoms with Crippen LogP contribution >= 0.6 is 0 Å². The zero-order chi connectivity index (χ0) is 23.4. The van der Waals surface area contributed by atoms with Crippen LogP contribution in [0.25, 0.3) is 0 Å². The third kappa shape index (κ3) is 4.00. The van der Waals surface area contributed by atoms with E-state index in [4.69, 9.17) is 20.9 Å². The van der Waals surface area contributed by atoms with Gasteiger partial charge in [-0.3, -0.25) is 19.2 Å². The molecule has 3 rings (SSSR count). The van der Waals surface area contributed by atoms with Crippen molar-refractivity contribution in [3.8, 4) is 0 Å². The number of carbonyl (C=O) groups is 4. The Balaban J connectivity index is 1.97. The van der Waals surface area contributed by atoms with Crippen LogP contribution in [0, 0.1) is 0 Å². The summed E-state index contributed by atoms with van der Waals surface area (Å²) in [7, 11) is 3.12. The second-order valence-corrected chi connectivity index (χ2v) is 7.37. The Bertz CT molecular complexity index is 1100. The van der Waals surface area contributed by atoms with Gasteiger partial charge in [-0.1, -0.05) is 24.3 Å². The number of fused-ring (bicyclic) bond motifs is 2. The molecule has 9 nitrogen and oxygen atoms in total. The van der Waals surface area contributed by atoms with Crippen molar-refractivity contribution >= 4 is 35.1 Å². The number of anilines is 2. The molecular formula is C23H25N3O6. The average molecular weight is 439 g/mol. The summed E-state index contributed by atoms with van der Waals surface area (Å²) >= 11 is 0. The lowest BCUT2D eigenvalue weighted by molar-refractivity contribution is 0.0621. The molecule has 0 bridgehead atoms. The number of ketones is 2. The van der Waals surface area contributed by atoms with E-state index >= 15 is 0 Å². The van der Waals surface area contributed by atoms with E-state index in [0.29, 0.717) is 39.1 Å². The van der Waals surface area contributed by atoms with E-state index in [0.717, 1.165) is 0 Å². The Morgan fingerprint density at radius 3 is 2.16 bits per heavy atom. The Morgan fingerprint density at radius 2 is 1.59 bits per heavy atom. The minimum Gasteiger partial charge on any atom is -0.398 e. The first-order valence-electron chi connectivity index (χ1n) is 10.1. The number of hydrogen-bond acceptors (Lipinski definition) is 8. The van der Waals surface area contributed by atoms with Crippen LogP contribution in [0.2, 0.25) is 0 Å². The van der Waals surface area contributed by atoms with E-state index in [1.54, 1.807) is 26.3 Å². The second-order valence-electron chi connectivity index (χ2n) is 7.37.